The van der Waals surface area contributed by atoms with Gasteiger partial charge in [-0.1, -0.05) is 0 Å². The number of nitrogens with zero attached hydrogens (tertiary/aromatic N) is 1. The molecule has 0 aliphatic rings. The number of alkyl halides is 2. The van der Waals surface area contributed by atoms with Crippen LogP contribution in [0.5, 0.6) is 0 Å². The average molecular weight is 214 g/mol. The molecule has 80 valence electrons. The molecule has 0 aromatic heterocycles. The van der Waals surface area contributed by atoms with Crippen molar-refractivity contribution in [3.63, 3.8) is 0 Å². The third-order valence-electron chi connectivity index (χ3n) is 1.80. The van der Waals surface area contributed by atoms with Gasteiger partial charge < -0.3 is 5.32 Å². The topological polar surface area (TPSA) is 35.8 Å². The quantitative estimate of drug-likeness (QED) is 0.832. The molecule has 0 unspecified atom stereocenters. The Kier molecular flexibility index (Phi) is 4.13. The summed E-state index contributed by atoms with van der Waals surface area (Å²) >= 11 is 0. The number of hydrogen-bond donors (Lipinski definition) is 1. The maximum atomic E-state index is 12.8. The summed E-state index contributed by atoms with van der Waals surface area (Å²) in [6.07, 6.45) is -2.45. The molecular weight excluding hydrogens is 205 g/mol. The molecule has 1 N–H and O–H groups in total. The lowest BCUT2D eigenvalue weighted by molar-refractivity contribution is 0.145. The van der Waals surface area contributed by atoms with E-state index in [0.29, 0.717) is 5.56 Å². The largest absolute Gasteiger partial charge is 0.307 e. The monoisotopic (exact) mass is 214 g/mol. The Bertz CT molecular complexity index is 371. The van der Waals surface area contributed by atoms with E-state index in [1.807, 2.05) is 6.07 Å². The fourth-order valence-corrected chi connectivity index (χ4v) is 1.13. The second-order valence-electron chi connectivity index (χ2n) is 2.94. The van der Waals surface area contributed by atoms with Crippen molar-refractivity contribution in [1.82, 2.24) is 5.32 Å². The van der Waals surface area contributed by atoms with Crippen LogP contribution in [-0.2, 0) is 6.54 Å². The van der Waals surface area contributed by atoms with E-state index >= 15 is 0 Å². The maximum Gasteiger partial charge on any atom is 0.250 e. The molecule has 0 saturated heterocycles. The van der Waals surface area contributed by atoms with Gasteiger partial charge in [-0.05, 0) is 23.8 Å². The summed E-state index contributed by atoms with van der Waals surface area (Å²) in [6.45, 7) is -0.410. The van der Waals surface area contributed by atoms with E-state index in [-0.39, 0.29) is 12.1 Å². The highest BCUT2D eigenvalue weighted by Crippen LogP contribution is 2.10. The van der Waals surface area contributed by atoms with Crippen molar-refractivity contribution in [3.05, 3.63) is 35.1 Å². The van der Waals surface area contributed by atoms with Gasteiger partial charge in [0.25, 0.3) is 6.43 Å². The van der Waals surface area contributed by atoms with Crippen molar-refractivity contribution in [3.8, 4) is 6.07 Å². The summed E-state index contributed by atoms with van der Waals surface area (Å²) in [6, 6.07) is 5.52. The number of hydrogen-bond acceptors (Lipinski definition) is 2. The lowest BCUT2D eigenvalue weighted by Gasteiger charge is -2.05. The van der Waals surface area contributed by atoms with Crippen LogP contribution >= 0.6 is 0 Å². The molecule has 0 amide bonds. The molecule has 0 spiro atoms. The van der Waals surface area contributed by atoms with Gasteiger partial charge in [-0.3, -0.25) is 0 Å². The van der Waals surface area contributed by atoms with Crippen LogP contribution in [0.2, 0.25) is 0 Å². The third kappa shape index (κ3) is 3.60. The second-order valence-corrected chi connectivity index (χ2v) is 2.94. The highest BCUT2D eigenvalue weighted by atomic mass is 19.3. The first kappa shape index (κ1) is 11.5. The minimum atomic E-state index is -2.45. The molecule has 0 bridgehead atoms. The summed E-state index contributed by atoms with van der Waals surface area (Å²) in [5, 5.41) is 11.1. The van der Waals surface area contributed by atoms with Crippen LogP contribution in [0.1, 0.15) is 11.1 Å². The van der Waals surface area contributed by atoms with Crippen LogP contribution in [0, 0.1) is 17.1 Å². The molecule has 0 radical (unpaired) electrons. The van der Waals surface area contributed by atoms with Crippen molar-refractivity contribution < 1.29 is 13.2 Å². The summed E-state index contributed by atoms with van der Waals surface area (Å²) in [4.78, 5) is 0. The van der Waals surface area contributed by atoms with Crippen LogP contribution < -0.4 is 5.32 Å². The summed E-state index contributed by atoms with van der Waals surface area (Å²) in [7, 11) is 0. The van der Waals surface area contributed by atoms with Crippen LogP contribution in [0.25, 0.3) is 0 Å². The first-order chi connectivity index (χ1) is 7.13. The molecule has 0 fully saturated rings. The van der Waals surface area contributed by atoms with Crippen LogP contribution in [0.15, 0.2) is 18.2 Å². The van der Waals surface area contributed by atoms with Crippen LogP contribution in [0.4, 0.5) is 13.2 Å². The van der Waals surface area contributed by atoms with Gasteiger partial charge in [0.2, 0.25) is 0 Å². The predicted octanol–water partition coefficient (Wildman–Crippen LogP) is 2.05. The van der Waals surface area contributed by atoms with Gasteiger partial charge in [-0.25, -0.2) is 13.2 Å². The van der Waals surface area contributed by atoms with Crippen molar-refractivity contribution in [2.75, 3.05) is 6.54 Å². The summed E-state index contributed by atoms with van der Waals surface area (Å²) in [5.74, 6) is -0.483. The summed E-state index contributed by atoms with van der Waals surface area (Å²) < 4.78 is 36.4. The normalized spacial score (nSPS) is 10.3. The van der Waals surface area contributed by atoms with E-state index in [9.17, 15) is 13.2 Å². The smallest absolute Gasteiger partial charge is 0.250 e. The zero-order valence-corrected chi connectivity index (χ0v) is 7.80. The van der Waals surface area contributed by atoms with E-state index in [1.54, 1.807) is 0 Å². The molecule has 0 atom stereocenters. The van der Waals surface area contributed by atoms with E-state index < -0.39 is 18.8 Å². The molecule has 2 nitrogen and oxygen atoms in total. The third-order valence-corrected chi connectivity index (χ3v) is 1.80. The first-order valence-corrected chi connectivity index (χ1v) is 4.31. The van der Waals surface area contributed by atoms with Crippen LogP contribution in [0.3, 0.4) is 0 Å². The van der Waals surface area contributed by atoms with Gasteiger partial charge in [-0.15, -0.1) is 0 Å². The van der Waals surface area contributed by atoms with Crippen molar-refractivity contribution >= 4 is 0 Å². The summed E-state index contributed by atoms with van der Waals surface area (Å²) in [5.41, 5.74) is 0.677. The van der Waals surface area contributed by atoms with Gasteiger partial charge >= 0.3 is 0 Å². The maximum absolute atomic E-state index is 12.8. The van der Waals surface area contributed by atoms with Gasteiger partial charge in [0.05, 0.1) is 18.2 Å². The molecule has 0 saturated carbocycles. The second kappa shape index (κ2) is 5.37. The van der Waals surface area contributed by atoms with Gasteiger partial charge in [0.15, 0.2) is 0 Å². The van der Waals surface area contributed by atoms with Crippen LogP contribution in [-0.4, -0.2) is 13.0 Å². The lowest BCUT2D eigenvalue weighted by Crippen LogP contribution is -2.21. The Morgan fingerprint density at radius 2 is 2.13 bits per heavy atom. The Morgan fingerprint density at radius 1 is 1.40 bits per heavy atom. The number of nitriles is 1. The van der Waals surface area contributed by atoms with Gasteiger partial charge in [0.1, 0.15) is 5.82 Å². The SMILES string of the molecule is N#Cc1ccc(F)cc1CNCC(F)F. The number of halogens is 3. The molecule has 0 aliphatic carbocycles. The van der Waals surface area contributed by atoms with Crippen molar-refractivity contribution in [2.24, 2.45) is 0 Å². The van der Waals surface area contributed by atoms with E-state index in [1.165, 1.54) is 6.07 Å². The molecule has 0 heterocycles. The molecule has 1 aromatic carbocycles. The zero-order valence-electron chi connectivity index (χ0n) is 7.80. The standard InChI is InChI=1S/C10H9F3N2/c11-9-2-1-7(4-14)8(3-9)5-15-6-10(12)13/h1-3,10,15H,5-6H2. The van der Waals surface area contributed by atoms with E-state index in [2.05, 4.69) is 5.32 Å². The highest BCUT2D eigenvalue weighted by Gasteiger charge is 2.05. The number of benzene rings is 1. The molecule has 1 aromatic rings. The Hall–Kier alpha value is -1.54. The first-order valence-electron chi connectivity index (χ1n) is 4.31. The number of rotatable bonds is 4. The fourth-order valence-electron chi connectivity index (χ4n) is 1.13. The molecule has 1 rings (SSSR count). The Morgan fingerprint density at radius 3 is 2.73 bits per heavy atom. The zero-order chi connectivity index (χ0) is 11.3. The van der Waals surface area contributed by atoms with E-state index in [4.69, 9.17) is 5.26 Å². The molecule has 0 aliphatic heterocycles. The minimum absolute atomic E-state index is 0.0605. The molecule has 15 heavy (non-hydrogen) atoms. The van der Waals surface area contributed by atoms with Crippen molar-refractivity contribution in [1.29, 1.82) is 5.26 Å². The molecular formula is C10H9F3N2. The van der Waals surface area contributed by atoms with Crippen molar-refractivity contribution in [2.45, 2.75) is 13.0 Å². The van der Waals surface area contributed by atoms with Gasteiger partial charge in [0, 0.05) is 6.54 Å². The van der Waals surface area contributed by atoms with Gasteiger partial charge in [-0.2, -0.15) is 5.26 Å². The fraction of sp³-hybridized carbons (Fsp3) is 0.300. The lowest BCUT2D eigenvalue weighted by atomic mass is 10.1. The average Bonchev–Trinajstić information content (AvgIpc) is 2.17. The predicted molar refractivity (Wildman–Crippen MR) is 48.8 cm³/mol. The number of nitrogens with one attached hydrogen (secondary N) is 1. The minimum Gasteiger partial charge on any atom is -0.307 e. The van der Waals surface area contributed by atoms with E-state index in [0.717, 1.165) is 12.1 Å². The molecule has 5 heteroatoms. The highest BCUT2D eigenvalue weighted by molar-refractivity contribution is 5.37. The Labute approximate surface area is 85.3 Å². The Balaban J connectivity index is 2.67.